The molecule has 0 aliphatic carbocycles. The van der Waals surface area contributed by atoms with E-state index in [1.165, 1.54) is 6.20 Å². The lowest BCUT2D eigenvalue weighted by Gasteiger charge is -2.25. The Bertz CT molecular complexity index is 554. The Morgan fingerprint density at radius 1 is 1.35 bits per heavy atom. The highest BCUT2D eigenvalue weighted by atomic mass is 19.4. The molecule has 0 spiro atoms. The van der Waals surface area contributed by atoms with Gasteiger partial charge in [0.15, 0.2) is 0 Å². The Hall–Kier alpha value is -2.07. The van der Waals surface area contributed by atoms with Crippen molar-refractivity contribution in [3.8, 4) is 5.88 Å². The maximum atomic E-state index is 12.6. The summed E-state index contributed by atoms with van der Waals surface area (Å²) in [5.41, 5.74) is 0.632. The molecule has 26 heavy (non-hydrogen) atoms. The number of rotatable bonds is 9. The summed E-state index contributed by atoms with van der Waals surface area (Å²) in [6.45, 7) is 2.12. The second kappa shape index (κ2) is 10.2. The van der Waals surface area contributed by atoms with Crippen molar-refractivity contribution < 1.29 is 37.7 Å². The van der Waals surface area contributed by atoms with E-state index in [-0.39, 0.29) is 25.8 Å². The van der Waals surface area contributed by atoms with E-state index >= 15 is 0 Å². The van der Waals surface area contributed by atoms with Gasteiger partial charge in [0.1, 0.15) is 0 Å². The minimum Gasteiger partial charge on any atom is -0.475 e. The number of nitrogens with zero attached hydrogens (tertiary/aromatic N) is 2. The number of pyridine rings is 1. The first kappa shape index (κ1) is 22.0. The van der Waals surface area contributed by atoms with Gasteiger partial charge in [-0.3, -0.25) is 0 Å². The molecule has 2 atom stereocenters. The van der Waals surface area contributed by atoms with Crippen molar-refractivity contribution in [2.75, 3.05) is 19.7 Å². The Kier molecular flexibility index (Phi) is 8.59. The Balaban J connectivity index is 2.52. The first-order valence-corrected chi connectivity index (χ1v) is 8.06. The molecule has 148 valence electrons. The van der Waals surface area contributed by atoms with Gasteiger partial charge in [-0.05, 0) is 25.5 Å². The molecule has 1 amide bonds. The molecule has 0 saturated carbocycles. The molecule has 1 unspecified atom stereocenters. The first-order valence-electron chi connectivity index (χ1n) is 8.06. The van der Waals surface area contributed by atoms with Crippen LogP contribution in [0.2, 0.25) is 0 Å². The summed E-state index contributed by atoms with van der Waals surface area (Å²) in [5.74, 6) is 0.331. The lowest BCUT2D eigenvalue weighted by atomic mass is 10.2. The van der Waals surface area contributed by atoms with Crippen molar-refractivity contribution in [2.24, 2.45) is 0 Å². The second-order valence-electron chi connectivity index (χ2n) is 5.56. The van der Waals surface area contributed by atoms with E-state index in [2.05, 4.69) is 9.72 Å². The highest BCUT2D eigenvalue weighted by Gasteiger charge is 2.43. The van der Waals surface area contributed by atoms with Crippen LogP contribution in [0.1, 0.15) is 25.8 Å². The van der Waals surface area contributed by atoms with Crippen LogP contribution in [0, 0.1) is 0 Å². The molecule has 2 N–H and O–H groups in total. The van der Waals surface area contributed by atoms with Gasteiger partial charge in [-0.1, -0.05) is 0 Å². The number of carbonyl (C=O) groups excluding carboxylic acids is 1. The van der Waals surface area contributed by atoms with Gasteiger partial charge < -0.3 is 24.6 Å². The topological polar surface area (TPSA) is 92.1 Å². The molecular weight excluding hydrogens is 357 g/mol. The summed E-state index contributed by atoms with van der Waals surface area (Å²) in [6, 6.07) is 3.24. The van der Waals surface area contributed by atoms with Gasteiger partial charge in [-0.2, -0.15) is 13.2 Å². The van der Waals surface area contributed by atoms with Gasteiger partial charge in [0.05, 0.1) is 19.3 Å². The quantitative estimate of drug-likeness (QED) is 0.682. The lowest BCUT2D eigenvalue weighted by Crippen LogP contribution is -2.42. The number of halogens is 3. The fourth-order valence-electron chi connectivity index (χ4n) is 1.96. The number of aromatic nitrogens is 1. The van der Waals surface area contributed by atoms with Crippen LogP contribution in [0.4, 0.5) is 18.0 Å². The van der Waals surface area contributed by atoms with E-state index in [1.807, 2.05) is 0 Å². The van der Waals surface area contributed by atoms with Crippen LogP contribution in [0.3, 0.4) is 0 Å². The van der Waals surface area contributed by atoms with Gasteiger partial charge in [-0.15, -0.1) is 0 Å². The third-order valence-corrected chi connectivity index (χ3v) is 3.52. The summed E-state index contributed by atoms with van der Waals surface area (Å²) in [6.07, 6.45) is -7.09. The molecule has 0 bridgehead atoms. The molecule has 10 heteroatoms. The molecule has 1 heterocycles. The third-order valence-electron chi connectivity index (χ3n) is 3.52. The predicted molar refractivity (Wildman–Crippen MR) is 85.5 cm³/mol. The molecule has 0 aliphatic rings. The zero-order valence-electron chi connectivity index (χ0n) is 14.6. The van der Waals surface area contributed by atoms with Crippen molar-refractivity contribution in [1.82, 2.24) is 9.88 Å². The molecule has 0 aromatic carbocycles. The minimum atomic E-state index is -4.83. The monoisotopic (exact) mass is 380 g/mol. The van der Waals surface area contributed by atoms with E-state index in [0.29, 0.717) is 17.9 Å². The summed E-state index contributed by atoms with van der Waals surface area (Å²) < 4.78 is 47.6. The van der Waals surface area contributed by atoms with Crippen LogP contribution in [0.25, 0.3) is 0 Å². The zero-order valence-corrected chi connectivity index (χ0v) is 14.6. The van der Waals surface area contributed by atoms with Crippen molar-refractivity contribution in [1.29, 1.82) is 0 Å². The third kappa shape index (κ3) is 7.04. The van der Waals surface area contributed by atoms with Crippen LogP contribution in [0.5, 0.6) is 5.88 Å². The normalized spacial score (nSPS) is 13.8. The van der Waals surface area contributed by atoms with Crippen LogP contribution >= 0.6 is 0 Å². The summed E-state index contributed by atoms with van der Waals surface area (Å²) in [4.78, 5) is 17.0. The van der Waals surface area contributed by atoms with Crippen LogP contribution < -0.4 is 4.74 Å². The summed E-state index contributed by atoms with van der Waals surface area (Å²) in [7, 11) is 0. The molecule has 1 rings (SSSR count). The van der Waals surface area contributed by atoms with Crippen LogP contribution in [-0.2, 0) is 11.3 Å². The van der Waals surface area contributed by atoms with Crippen LogP contribution in [0.15, 0.2) is 18.3 Å². The molecule has 1 aromatic heterocycles. The van der Waals surface area contributed by atoms with E-state index in [9.17, 15) is 18.0 Å². The average Bonchev–Trinajstić information content (AvgIpc) is 2.59. The highest BCUT2D eigenvalue weighted by molar-refractivity contribution is 5.67. The fourth-order valence-corrected chi connectivity index (χ4v) is 1.96. The number of aliphatic hydroxyl groups is 2. The molecule has 0 saturated heterocycles. The van der Waals surface area contributed by atoms with E-state index in [0.717, 1.165) is 4.90 Å². The smallest absolute Gasteiger partial charge is 0.427 e. The van der Waals surface area contributed by atoms with Crippen molar-refractivity contribution >= 4 is 6.09 Å². The molecule has 7 nitrogen and oxygen atoms in total. The first-order chi connectivity index (χ1) is 12.2. The Morgan fingerprint density at radius 2 is 2.04 bits per heavy atom. The number of alkyl halides is 3. The summed E-state index contributed by atoms with van der Waals surface area (Å²) >= 11 is 0. The van der Waals surface area contributed by atoms with Crippen molar-refractivity contribution in [3.63, 3.8) is 0 Å². The molecular formula is C16H23F3N2O5. The number of hydrogen-bond acceptors (Lipinski definition) is 6. The van der Waals surface area contributed by atoms with Gasteiger partial charge >= 0.3 is 12.3 Å². The molecule has 0 aliphatic heterocycles. The predicted octanol–water partition coefficient (Wildman–Crippen LogP) is 2.11. The molecule has 0 fully saturated rings. The number of amides is 1. The number of hydrogen-bond donors (Lipinski definition) is 2. The second-order valence-corrected chi connectivity index (χ2v) is 5.56. The van der Waals surface area contributed by atoms with Gasteiger partial charge in [0.25, 0.3) is 0 Å². The van der Waals surface area contributed by atoms with E-state index < -0.39 is 25.0 Å². The standard InChI is InChI=1S/C16H23F3N2O5/c1-3-21(15(24)26-13(10-23)16(17,18)19)7-6-11(2)25-14-5-4-12(9-22)8-20-14/h4-5,8,11,13,22-23H,3,6-7,9-10H2,1-2H3/t11?,13-/m1/s1. The van der Waals surface area contributed by atoms with Crippen molar-refractivity contribution in [2.45, 2.75) is 45.3 Å². The highest BCUT2D eigenvalue weighted by Crippen LogP contribution is 2.23. The lowest BCUT2D eigenvalue weighted by molar-refractivity contribution is -0.214. The zero-order chi connectivity index (χ0) is 19.7. The van der Waals surface area contributed by atoms with Gasteiger partial charge in [-0.25, -0.2) is 9.78 Å². The molecule has 1 aromatic rings. The average molecular weight is 380 g/mol. The van der Waals surface area contributed by atoms with E-state index in [4.69, 9.17) is 14.9 Å². The number of ether oxygens (including phenoxy) is 2. The Labute approximate surface area is 149 Å². The largest absolute Gasteiger partial charge is 0.475 e. The SMILES string of the molecule is CCN(CCC(C)Oc1ccc(CO)cn1)C(=O)O[C@H](CO)C(F)(F)F. The fraction of sp³-hybridized carbons (Fsp3) is 0.625. The maximum absolute atomic E-state index is 12.6. The summed E-state index contributed by atoms with van der Waals surface area (Å²) in [5, 5.41) is 17.7. The number of aliphatic hydroxyl groups excluding tert-OH is 2. The van der Waals surface area contributed by atoms with Gasteiger partial charge in [0.2, 0.25) is 12.0 Å². The minimum absolute atomic E-state index is 0.112. The van der Waals surface area contributed by atoms with Crippen molar-refractivity contribution in [3.05, 3.63) is 23.9 Å². The molecule has 0 radical (unpaired) electrons. The number of carbonyl (C=O) groups is 1. The van der Waals surface area contributed by atoms with Crippen LogP contribution in [-0.4, -0.2) is 64.3 Å². The Morgan fingerprint density at radius 3 is 2.50 bits per heavy atom. The van der Waals surface area contributed by atoms with E-state index in [1.54, 1.807) is 26.0 Å². The van der Waals surface area contributed by atoms with Gasteiger partial charge in [0, 0.05) is 31.8 Å². The maximum Gasteiger partial charge on any atom is 0.427 e.